The molecule has 0 bridgehead atoms. The normalized spacial score (nSPS) is 14.5. The Balaban J connectivity index is 5.28. The maximum atomic E-state index is 13.5. The molecule has 9 nitrogen and oxygen atoms in total. The monoisotopic (exact) mass is 1140 g/mol. The van der Waals surface area contributed by atoms with Gasteiger partial charge < -0.3 is 28.5 Å². The standard InChI is InChI=1S/C71H121N2O7P/c1-7-10-13-16-19-22-25-28-30-32-33-34-35-36-37-38-39-41-43-46-49-52-55-58-61-64-71(75)80-69(62-59-56-53-50-47-44-27-24-21-18-15-12-9-3)68(67-79-81(76,77)78-66-65-73(4,5)6)72-70(74)63-60-57-54-51-48-45-42-40-31-29-26-23-20-17-14-11-8-2/h10-11,13-14,19-20,22-23,28-31,33-34,36-37,42,45,51,54,59,62,68-69H,7-9,12,15-18,21,24-27,32,35,38-41,43-44,46-50,52-53,55-58,60-61,63-67H2,1-6H3,(H-,72,74,76,77)/b13-10-,14-11-,22-19-,23-20-,30-28-,31-29-,34-33-,37-36-,45-42-,54-51-,62-59-. The summed E-state index contributed by atoms with van der Waals surface area (Å²) in [4.78, 5) is 40.1. The summed E-state index contributed by atoms with van der Waals surface area (Å²) in [6.45, 7) is 6.56. The Bertz CT molecular complexity index is 1850. The number of hydrogen-bond acceptors (Lipinski definition) is 7. The summed E-state index contributed by atoms with van der Waals surface area (Å²) in [5.74, 6) is -0.623. The average Bonchev–Trinajstić information content (AvgIpc) is 3.44. The lowest BCUT2D eigenvalue weighted by Crippen LogP contribution is -2.47. The van der Waals surface area contributed by atoms with Crippen LogP contribution in [0.1, 0.15) is 252 Å². The minimum Gasteiger partial charge on any atom is -0.756 e. The Morgan fingerprint density at radius 3 is 1.21 bits per heavy atom. The molecule has 0 heterocycles. The maximum Gasteiger partial charge on any atom is 0.306 e. The van der Waals surface area contributed by atoms with Gasteiger partial charge in [0, 0.05) is 12.8 Å². The van der Waals surface area contributed by atoms with Crippen LogP contribution >= 0.6 is 7.82 Å². The van der Waals surface area contributed by atoms with Gasteiger partial charge in [-0.15, -0.1) is 0 Å². The predicted molar refractivity (Wildman–Crippen MR) is 348 cm³/mol. The van der Waals surface area contributed by atoms with E-state index in [4.69, 9.17) is 13.8 Å². The van der Waals surface area contributed by atoms with Crippen LogP contribution < -0.4 is 10.2 Å². The number of likely N-dealkylation sites (N-methyl/N-ethyl adjacent to an activating group) is 1. The van der Waals surface area contributed by atoms with Crippen molar-refractivity contribution in [3.8, 4) is 0 Å². The Morgan fingerprint density at radius 2 is 0.802 bits per heavy atom. The van der Waals surface area contributed by atoms with Crippen LogP contribution in [0.5, 0.6) is 0 Å². The Kier molecular flexibility index (Phi) is 56.5. The minimum atomic E-state index is -4.73. The Morgan fingerprint density at radius 1 is 0.444 bits per heavy atom. The van der Waals surface area contributed by atoms with E-state index < -0.39 is 26.6 Å². The molecule has 0 aliphatic rings. The second-order valence-electron chi connectivity index (χ2n) is 22.5. The third kappa shape index (κ3) is 60.6. The molecule has 0 fully saturated rings. The summed E-state index contributed by atoms with van der Waals surface area (Å²) in [6.07, 6.45) is 84.3. The average molecular weight is 1150 g/mol. The Hall–Kier alpha value is -3.85. The van der Waals surface area contributed by atoms with E-state index in [1.807, 2.05) is 33.3 Å². The first kappa shape index (κ1) is 77.2. The summed E-state index contributed by atoms with van der Waals surface area (Å²) >= 11 is 0. The van der Waals surface area contributed by atoms with Gasteiger partial charge in [-0.1, -0.05) is 258 Å². The molecule has 1 N–H and O–H groups in total. The number of quaternary nitrogens is 1. The molecule has 0 radical (unpaired) electrons. The zero-order valence-corrected chi connectivity index (χ0v) is 53.6. The molecule has 0 rings (SSSR count). The predicted octanol–water partition coefficient (Wildman–Crippen LogP) is 19.8. The number of carbonyl (C=O) groups excluding carboxylic acids is 2. The first-order valence-electron chi connectivity index (χ1n) is 32.5. The number of unbranched alkanes of at least 4 members (excludes halogenated alkanes) is 21. The van der Waals surface area contributed by atoms with Gasteiger partial charge in [-0.3, -0.25) is 14.2 Å². The van der Waals surface area contributed by atoms with Crippen LogP contribution in [0.2, 0.25) is 0 Å². The van der Waals surface area contributed by atoms with Crippen molar-refractivity contribution in [3.63, 3.8) is 0 Å². The van der Waals surface area contributed by atoms with Crippen LogP contribution in [0.3, 0.4) is 0 Å². The fourth-order valence-corrected chi connectivity index (χ4v) is 9.37. The molecular weight excluding hydrogens is 1020 g/mol. The van der Waals surface area contributed by atoms with E-state index in [9.17, 15) is 19.0 Å². The summed E-state index contributed by atoms with van der Waals surface area (Å²) < 4.78 is 30.3. The van der Waals surface area contributed by atoms with Crippen molar-refractivity contribution in [1.29, 1.82) is 0 Å². The van der Waals surface area contributed by atoms with Gasteiger partial charge in [0.2, 0.25) is 5.91 Å². The first-order chi connectivity index (χ1) is 39.4. The second-order valence-corrected chi connectivity index (χ2v) is 23.9. The van der Waals surface area contributed by atoms with Gasteiger partial charge in [-0.25, -0.2) is 0 Å². The number of nitrogens with zero attached hydrogens (tertiary/aromatic N) is 1. The number of hydrogen-bond donors (Lipinski definition) is 1. The zero-order chi connectivity index (χ0) is 59.3. The number of phosphoric ester groups is 1. The molecule has 0 saturated heterocycles. The van der Waals surface area contributed by atoms with Crippen molar-refractivity contribution in [1.82, 2.24) is 5.32 Å². The van der Waals surface area contributed by atoms with Gasteiger partial charge in [0.1, 0.15) is 19.3 Å². The minimum absolute atomic E-state index is 0.0409. The van der Waals surface area contributed by atoms with E-state index in [2.05, 4.69) is 148 Å². The second kappa shape index (κ2) is 59.3. The van der Waals surface area contributed by atoms with E-state index in [1.54, 1.807) is 0 Å². The zero-order valence-electron chi connectivity index (χ0n) is 52.7. The largest absolute Gasteiger partial charge is 0.756 e. The summed E-state index contributed by atoms with van der Waals surface area (Å²) in [5, 5.41) is 2.99. The number of allylic oxidation sites excluding steroid dienone is 21. The van der Waals surface area contributed by atoms with E-state index in [0.717, 1.165) is 116 Å². The first-order valence-corrected chi connectivity index (χ1v) is 34.0. The molecule has 0 aliphatic carbocycles. The van der Waals surface area contributed by atoms with Crippen LogP contribution in [-0.4, -0.2) is 69.4 Å². The Labute approximate surface area is 498 Å². The summed E-state index contributed by atoms with van der Waals surface area (Å²) in [6, 6.07) is -0.930. The van der Waals surface area contributed by atoms with Crippen molar-refractivity contribution < 1.29 is 37.3 Å². The fraction of sp³-hybridized carbons (Fsp3) is 0.662. The van der Waals surface area contributed by atoms with E-state index in [1.165, 1.54) is 89.9 Å². The summed E-state index contributed by atoms with van der Waals surface area (Å²) in [5.41, 5.74) is 0. The number of amides is 1. The molecule has 0 aromatic carbocycles. The van der Waals surface area contributed by atoms with E-state index in [-0.39, 0.29) is 31.3 Å². The van der Waals surface area contributed by atoms with Crippen LogP contribution in [0.25, 0.3) is 0 Å². The molecule has 0 aromatic heterocycles. The molecule has 81 heavy (non-hydrogen) atoms. The molecular formula is C71H121N2O7P. The lowest BCUT2D eigenvalue weighted by atomic mass is 10.0. The van der Waals surface area contributed by atoms with Crippen LogP contribution in [-0.2, 0) is 27.9 Å². The van der Waals surface area contributed by atoms with Crippen LogP contribution in [0.4, 0.5) is 0 Å². The lowest BCUT2D eigenvalue weighted by molar-refractivity contribution is -0.870. The number of carbonyl (C=O) groups is 2. The van der Waals surface area contributed by atoms with Gasteiger partial charge in [0.05, 0.1) is 33.8 Å². The quantitative estimate of drug-likeness (QED) is 0.0212. The summed E-state index contributed by atoms with van der Waals surface area (Å²) in [7, 11) is 1.13. The maximum absolute atomic E-state index is 13.5. The molecule has 10 heteroatoms. The highest BCUT2D eigenvalue weighted by Gasteiger charge is 2.27. The fourth-order valence-electron chi connectivity index (χ4n) is 8.64. The molecule has 3 unspecified atom stereocenters. The third-order valence-corrected chi connectivity index (χ3v) is 14.5. The van der Waals surface area contributed by atoms with E-state index >= 15 is 0 Å². The van der Waals surface area contributed by atoms with Crippen LogP contribution in [0, 0.1) is 0 Å². The smallest absolute Gasteiger partial charge is 0.306 e. The lowest BCUT2D eigenvalue weighted by Gasteiger charge is -2.30. The molecule has 0 aromatic rings. The number of rotatable bonds is 57. The van der Waals surface area contributed by atoms with Crippen molar-refractivity contribution in [2.45, 2.75) is 264 Å². The molecule has 3 atom stereocenters. The highest BCUT2D eigenvalue weighted by Crippen LogP contribution is 2.38. The van der Waals surface area contributed by atoms with Gasteiger partial charge in [0.25, 0.3) is 7.82 Å². The van der Waals surface area contributed by atoms with E-state index in [0.29, 0.717) is 23.9 Å². The van der Waals surface area contributed by atoms with Gasteiger partial charge >= 0.3 is 5.97 Å². The number of ether oxygens (including phenoxy) is 1. The van der Waals surface area contributed by atoms with Gasteiger partial charge in [0.15, 0.2) is 0 Å². The molecule has 462 valence electrons. The van der Waals surface area contributed by atoms with Crippen LogP contribution in [0.15, 0.2) is 134 Å². The van der Waals surface area contributed by atoms with Crippen molar-refractivity contribution in [3.05, 3.63) is 134 Å². The van der Waals surface area contributed by atoms with Crippen molar-refractivity contribution >= 4 is 19.7 Å². The van der Waals surface area contributed by atoms with Gasteiger partial charge in [-0.05, 0) is 115 Å². The number of phosphoric acid groups is 1. The molecule has 0 spiro atoms. The van der Waals surface area contributed by atoms with Crippen molar-refractivity contribution in [2.24, 2.45) is 0 Å². The number of nitrogens with one attached hydrogen (secondary N) is 1. The third-order valence-electron chi connectivity index (χ3n) is 13.6. The highest BCUT2D eigenvalue weighted by molar-refractivity contribution is 7.45. The molecule has 0 aliphatic heterocycles. The molecule has 1 amide bonds. The van der Waals surface area contributed by atoms with Gasteiger partial charge in [-0.2, -0.15) is 0 Å². The SMILES string of the molecule is CC/C=C\C/C=C\C/C=C\C/C=C\C/C=C\CCCCCCCCCCCC(=O)OC(/C=C\CCCCCCCCCCCCC)C(COP(=O)([O-])OCC[N+](C)(C)C)NC(=O)CCC/C=C\C/C=C\C/C=C\C/C=C\C/C=C\CC. The highest BCUT2D eigenvalue weighted by atomic mass is 31.2. The topological polar surface area (TPSA) is 114 Å². The number of esters is 1. The van der Waals surface area contributed by atoms with Crippen molar-refractivity contribution in [2.75, 3.05) is 40.9 Å². The molecule has 0 saturated carbocycles.